The first kappa shape index (κ1) is 12.5. The van der Waals surface area contributed by atoms with Gasteiger partial charge in [-0.05, 0) is 24.3 Å². The van der Waals surface area contributed by atoms with Crippen LogP contribution in [0.15, 0.2) is 36.4 Å². The lowest BCUT2D eigenvalue weighted by molar-refractivity contribution is 0.103. The number of ketones is 1. The van der Waals surface area contributed by atoms with Gasteiger partial charge in [-0.3, -0.25) is 4.79 Å². The summed E-state index contributed by atoms with van der Waals surface area (Å²) in [7, 11) is 0. The van der Waals surface area contributed by atoms with Crippen molar-refractivity contribution in [1.82, 2.24) is 0 Å². The highest BCUT2D eigenvalue weighted by atomic mass is 35.5. The van der Waals surface area contributed by atoms with Crippen LogP contribution in [0.5, 0.6) is 0 Å². The Balaban J connectivity index is 2.57. The summed E-state index contributed by atoms with van der Waals surface area (Å²) in [5.41, 5.74) is 4.80. The Labute approximate surface area is 107 Å². The van der Waals surface area contributed by atoms with Gasteiger partial charge in [0.05, 0.1) is 16.8 Å². The van der Waals surface area contributed by atoms with Crippen molar-refractivity contribution in [2.24, 2.45) is 0 Å². The summed E-state index contributed by atoms with van der Waals surface area (Å²) in [6.07, 6.45) is 0. The first-order valence-electron chi connectivity index (χ1n) is 5.04. The van der Waals surface area contributed by atoms with Gasteiger partial charge in [-0.2, -0.15) is 0 Å². The van der Waals surface area contributed by atoms with Gasteiger partial charge in [0.1, 0.15) is 11.6 Å². The fourth-order valence-corrected chi connectivity index (χ4v) is 1.77. The predicted molar refractivity (Wildman–Crippen MR) is 65.7 cm³/mol. The van der Waals surface area contributed by atoms with Gasteiger partial charge in [0.2, 0.25) is 0 Å². The van der Waals surface area contributed by atoms with E-state index in [0.717, 1.165) is 12.1 Å². The van der Waals surface area contributed by atoms with Crippen LogP contribution in [-0.4, -0.2) is 5.78 Å². The van der Waals surface area contributed by atoms with Crippen molar-refractivity contribution >= 4 is 23.1 Å². The third kappa shape index (κ3) is 2.19. The third-order valence-corrected chi connectivity index (χ3v) is 2.68. The molecule has 92 valence electrons. The van der Waals surface area contributed by atoms with E-state index in [1.165, 1.54) is 24.3 Å². The van der Waals surface area contributed by atoms with Crippen LogP contribution in [0.4, 0.5) is 14.5 Å². The number of carbonyl (C=O) groups is 1. The predicted octanol–water partition coefficient (Wildman–Crippen LogP) is 3.43. The second-order valence-electron chi connectivity index (χ2n) is 3.66. The number of carbonyl (C=O) groups excluding carboxylic acids is 1. The molecule has 2 rings (SSSR count). The summed E-state index contributed by atoms with van der Waals surface area (Å²) < 4.78 is 26.8. The lowest BCUT2D eigenvalue weighted by Gasteiger charge is -2.07. The molecule has 0 fully saturated rings. The number of rotatable bonds is 2. The van der Waals surface area contributed by atoms with Gasteiger partial charge >= 0.3 is 0 Å². The van der Waals surface area contributed by atoms with Gasteiger partial charge in [0.15, 0.2) is 5.78 Å². The van der Waals surface area contributed by atoms with E-state index in [0.29, 0.717) is 0 Å². The molecule has 0 aromatic heterocycles. The molecular weight excluding hydrogens is 260 g/mol. The van der Waals surface area contributed by atoms with Gasteiger partial charge < -0.3 is 5.73 Å². The standard InChI is InChI=1S/C13H8ClF2NO/c14-7-5-9(12(17)11(16)6-7)13(18)8-3-1-2-4-10(8)15/h1-6H,17H2. The second kappa shape index (κ2) is 4.74. The summed E-state index contributed by atoms with van der Waals surface area (Å²) >= 11 is 5.65. The number of hydrogen-bond donors (Lipinski definition) is 1. The highest BCUT2D eigenvalue weighted by molar-refractivity contribution is 6.31. The van der Waals surface area contributed by atoms with Crippen LogP contribution >= 0.6 is 11.6 Å². The number of halogens is 3. The van der Waals surface area contributed by atoms with Crippen LogP contribution in [-0.2, 0) is 0 Å². The van der Waals surface area contributed by atoms with Gasteiger partial charge in [0, 0.05) is 5.02 Å². The molecule has 2 nitrogen and oxygen atoms in total. The lowest BCUT2D eigenvalue weighted by Crippen LogP contribution is -2.09. The van der Waals surface area contributed by atoms with Crippen LogP contribution in [0.3, 0.4) is 0 Å². The van der Waals surface area contributed by atoms with Crippen LogP contribution in [0.25, 0.3) is 0 Å². The average Bonchev–Trinajstić information content (AvgIpc) is 2.33. The van der Waals surface area contributed by atoms with Crippen LogP contribution < -0.4 is 5.73 Å². The molecule has 0 aliphatic heterocycles. The quantitative estimate of drug-likeness (QED) is 0.669. The minimum atomic E-state index is -0.804. The van der Waals surface area contributed by atoms with E-state index >= 15 is 0 Å². The van der Waals surface area contributed by atoms with Crippen molar-refractivity contribution in [2.75, 3.05) is 5.73 Å². The highest BCUT2D eigenvalue weighted by Crippen LogP contribution is 2.25. The Morgan fingerprint density at radius 2 is 1.72 bits per heavy atom. The summed E-state index contributed by atoms with van der Waals surface area (Å²) in [5, 5.41) is 0.0291. The van der Waals surface area contributed by atoms with E-state index < -0.39 is 17.4 Å². The van der Waals surface area contributed by atoms with E-state index in [4.69, 9.17) is 17.3 Å². The number of benzene rings is 2. The average molecular weight is 268 g/mol. The molecule has 0 radical (unpaired) electrons. The molecule has 2 aromatic carbocycles. The summed E-state index contributed by atoms with van der Waals surface area (Å²) in [6, 6.07) is 7.62. The highest BCUT2D eigenvalue weighted by Gasteiger charge is 2.18. The Morgan fingerprint density at radius 3 is 2.39 bits per heavy atom. The van der Waals surface area contributed by atoms with Gasteiger partial charge in [-0.25, -0.2) is 8.78 Å². The summed E-state index contributed by atoms with van der Waals surface area (Å²) in [6.45, 7) is 0. The van der Waals surface area contributed by atoms with Crippen LogP contribution in [0.2, 0.25) is 5.02 Å². The van der Waals surface area contributed by atoms with Crippen molar-refractivity contribution in [2.45, 2.75) is 0 Å². The Bertz CT molecular complexity index is 628. The fraction of sp³-hybridized carbons (Fsp3) is 0. The zero-order valence-electron chi connectivity index (χ0n) is 9.08. The summed E-state index contributed by atoms with van der Waals surface area (Å²) in [5.74, 6) is -2.20. The first-order valence-corrected chi connectivity index (χ1v) is 5.42. The summed E-state index contributed by atoms with van der Waals surface area (Å²) in [4.78, 5) is 12.0. The topological polar surface area (TPSA) is 43.1 Å². The van der Waals surface area contributed by atoms with Crippen molar-refractivity contribution in [3.05, 3.63) is 64.2 Å². The number of nitrogens with two attached hydrogens (primary N) is 1. The maximum Gasteiger partial charge on any atom is 0.198 e. The van der Waals surface area contributed by atoms with Crippen molar-refractivity contribution in [3.8, 4) is 0 Å². The zero-order valence-corrected chi connectivity index (χ0v) is 9.84. The molecule has 2 aromatic rings. The molecule has 2 N–H and O–H groups in total. The van der Waals surface area contributed by atoms with E-state index in [1.807, 2.05) is 0 Å². The maximum atomic E-state index is 13.5. The first-order chi connectivity index (χ1) is 8.50. The SMILES string of the molecule is Nc1c(F)cc(Cl)cc1C(=O)c1ccccc1F. The van der Waals surface area contributed by atoms with Gasteiger partial charge in [-0.1, -0.05) is 23.7 Å². The van der Waals surface area contributed by atoms with Crippen molar-refractivity contribution < 1.29 is 13.6 Å². The minimum Gasteiger partial charge on any atom is -0.396 e. The largest absolute Gasteiger partial charge is 0.396 e. The molecule has 0 spiro atoms. The second-order valence-corrected chi connectivity index (χ2v) is 4.09. The van der Waals surface area contributed by atoms with Crippen molar-refractivity contribution in [1.29, 1.82) is 0 Å². The van der Waals surface area contributed by atoms with E-state index in [2.05, 4.69) is 0 Å². The monoisotopic (exact) mass is 267 g/mol. The molecule has 0 bridgehead atoms. The Kier molecular flexibility index (Phi) is 3.30. The molecule has 0 aliphatic rings. The normalized spacial score (nSPS) is 10.4. The number of nitrogen functional groups attached to an aromatic ring is 1. The zero-order chi connectivity index (χ0) is 13.3. The number of hydrogen-bond acceptors (Lipinski definition) is 2. The molecule has 0 aliphatic carbocycles. The third-order valence-electron chi connectivity index (χ3n) is 2.46. The molecule has 0 atom stereocenters. The molecule has 0 saturated heterocycles. The maximum absolute atomic E-state index is 13.5. The smallest absolute Gasteiger partial charge is 0.198 e. The van der Waals surface area contributed by atoms with Gasteiger partial charge in [0.25, 0.3) is 0 Å². The Morgan fingerprint density at radius 1 is 1.06 bits per heavy atom. The molecule has 0 amide bonds. The van der Waals surface area contributed by atoms with Crippen LogP contribution in [0, 0.1) is 11.6 Å². The lowest BCUT2D eigenvalue weighted by atomic mass is 10.0. The molecule has 0 heterocycles. The molecular formula is C13H8ClF2NO. The minimum absolute atomic E-state index is 0.0291. The molecule has 5 heteroatoms. The molecule has 18 heavy (non-hydrogen) atoms. The number of anilines is 1. The van der Waals surface area contributed by atoms with E-state index in [1.54, 1.807) is 0 Å². The van der Waals surface area contributed by atoms with Crippen LogP contribution in [0.1, 0.15) is 15.9 Å². The van der Waals surface area contributed by atoms with Crippen molar-refractivity contribution in [3.63, 3.8) is 0 Å². The fourth-order valence-electron chi connectivity index (χ4n) is 1.56. The van der Waals surface area contributed by atoms with E-state index in [9.17, 15) is 13.6 Å². The van der Waals surface area contributed by atoms with Gasteiger partial charge in [-0.15, -0.1) is 0 Å². The van der Waals surface area contributed by atoms with E-state index in [-0.39, 0.29) is 21.8 Å². The molecule has 0 saturated carbocycles. The Hall–Kier alpha value is -1.94. The molecule has 0 unspecified atom stereocenters.